The standard InChI is InChI=1S/C22H15F6N5O/c1-12-2-3-14(13-4-7-16(8-5-13)21(23,24)25)10-18-30-19(31-20(34)33(18)32-12)15-6-9-17(29-11-15)22(26,27)28/h2-11,18H,1H3,(H,30,31,34)/b3-2-,14-10-,32-12-. The first-order chi connectivity index (χ1) is 15.9. The molecular formula is C22H15F6N5O. The van der Waals surface area contributed by atoms with Gasteiger partial charge in [0.05, 0.1) is 11.3 Å². The fourth-order valence-corrected chi connectivity index (χ4v) is 3.25. The van der Waals surface area contributed by atoms with Crippen LogP contribution in [-0.4, -0.2) is 33.7 Å². The molecule has 2 amide bonds. The molecule has 1 unspecified atom stereocenters. The minimum absolute atomic E-state index is 0.0205. The number of amides is 2. The molecule has 1 aromatic heterocycles. The normalized spacial score (nSPS) is 22.8. The maximum Gasteiger partial charge on any atom is 0.433 e. The molecule has 2 aromatic rings. The Morgan fingerprint density at radius 1 is 0.912 bits per heavy atom. The van der Waals surface area contributed by atoms with E-state index in [0.717, 1.165) is 35.5 Å². The van der Waals surface area contributed by atoms with Crippen LogP contribution in [-0.2, 0) is 12.4 Å². The lowest BCUT2D eigenvalue weighted by Crippen LogP contribution is -2.51. The minimum atomic E-state index is -4.62. The third-order valence-corrected chi connectivity index (χ3v) is 4.93. The Kier molecular flexibility index (Phi) is 5.75. The molecule has 34 heavy (non-hydrogen) atoms. The van der Waals surface area contributed by atoms with Crippen LogP contribution in [0.2, 0.25) is 0 Å². The summed E-state index contributed by atoms with van der Waals surface area (Å²) in [5.74, 6) is -0.0205. The van der Waals surface area contributed by atoms with Crippen LogP contribution < -0.4 is 5.32 Å². The highest BCUT2D eigenvalue weighted by atomic mass is 19.4. The number of nitrogens with one attached hydrogen (secondary N) is 1. The molecule has 2 aliphatic rings. The number of carbonyl (C=O) groups excluding carboxylic acids is 1. The van der Waals surface area contributed by atoms with Crippen molar-refractivity contribution in [2.45, 2.75) is 25.4 Å². The molecule has 0 saturated heterocycles. The number of aliphatic imine (C=N–C) groups is 1. The number of carbonyl (C=O) groups is 1. The van der Waals surface area contributed by atoms with Crippen molar-refractivity contribution in [1.82, 2.24) is 15.3 Å². The number of amidine groups is 1. The topological polar surface area (TPSA) is 70.0 Å². The van der Waals surface area contributed by atoms with Gasteiger partial charge in [0.2, 0.25) is 0 Å². The molecule has 0 aliphatic carbocycles. The monoisotopic (exact) mass is 479 g/mol. The van der Waals surface area contributed by atoms with Crippen LogP contribution in [0.3, 0.4) is 0 Å². The van der Waals surface area contributed by atoms with Crippen molar-refractivity contribution >= 4 is 23.2 Å². The smallest absolute Gasteiger partial charge is 0.344 e. The summed E-state index contributed by atoms with van der Waals surface area (Å²) in [4.78, 5) is 19.9. The second kappa shape index (κ2) is 8.43. The number of benzene rings is 1. The Balaban J connectivity index is 1.69. The highest BCUT2D eigenvalue weighted by Gasteiger charge is 2.34. The molecule has 0 saturated carbocycles. The number of halogens is 6. The second-order valence-corrected chi connectivity index (χ2v) is 7.38. The van der Waals surface area contributed by atoms with Crippen LogP contribution in [0.15, 0.2) is 70.9 Å². The third-order valence-electron chi connectivity index (χ3n) is 4.93. The van der Waals surface area contributed by atoms with Crippen LogP contribution in [0.4, 0.5) is 31.1 Å². The molecule has 3 heterocycles. The van der Waals surface area contributed by atoms with E-state index in [1.807, 2.05) is 0 Å². The van der Waals surface area contributed by atoms with Crippen molar-refractivity contribution < 1.29 is 31.1 Å². The van der Waals surface area contributed by atoms with E-state index in [1.54, 1.807) is 25.2 Å². The van der Waals surface area contributed by atoms with Gasteiger partial charge in [-0.25, -0.2) is 4.79 Å². The van der Waals surface area contributed by atoms with Gasteiger partial charge in [0.1, 0.15) is 17.7 Å². The SMILES string of the molecule is CC1=N/N2C(=O)N=C(c3ccc(C(F)(F)F)nc3)NC2/C=C(c2ccc(C(F)(F)F)cc2)/C=C\1. The fourth-order valence-electron chi connectivity index (χ4n) is 3.25. The number of nitrogens with zero attached hydrogens (tertiary/aromatic N) is 4. The van der Waals surface area contributed by atoms with E-state index in [-0.39, 0.29) is 11.4 Å². The number of allylic oxidation sites excluding steroid dienone is 3. The summed E-state index contributed by atoms with van der Waals surface area (Å²) in [5, 5.41) is 8.13. The molecule has 0 fully saturated rings. The summed E-state index contributed by atoms with van der Waals surface area (Å²) in [6.45, 7) is 1.62. The molecule has 0 radical (unpaired) electrons. The van der Waals surface area contributed by atoms with E-state index < -0.39 is 35.8 Å². The Morgan fingerprint density at radius 3 is 2.18 bits per heavy atom. The van der Waals surface area contributed by atoms with Gasteiger partial charge in [0.25, 0.3) is 0 Å². The Morgan fingerprint density at radius 2 is 1.59 bits per heavy atom. The zero-order chi connectivity index (χ0) is 24.7. The summed E-state index contributed by atoms with van der Waals surface area (Å²) in [6.07, 6.45) is -4.30. The van der Waals surface area contributed by atoms with Gasteiger partial charge in [-0.15, -0.1) is 0 Å². The molecule has 12 heteroatoms. The first-order valence-electron chi connectivity index (χ1n) is 9.76. The molecule has 6 nitrogen and oxygen atoms in total. The minimum Gasteiger partial charge on any atom is -0.344 e. The van der Waals surface area contributed by atoms with Crippen molar-refractivity contribution in [3.8, 4) is 0 Å². The molecule has 0 bridgehead atoms. The lowest BCUT2D eigenvalue weighted by Gasteiger charge is -2.31. The molecule has 1 N–H and O–H groups in total. The van der Waals surface area contributed by atoms with E-state index in [2.05, 4.69) is 20.4 Å². The third kappa shape index (κ3) is 4.85. The van der Waals surface area contributed by atoms with E-state index >= 15 is 0 Å². The van der Waals surface area contributed by atoms with Gasteiger partial charge in [0.15, 0.2) is 0 Å². The van der Waals surface area contributed by atoms with Crippen LogP contribution in [0, 0.1) is 0 Å². The first-order valence-corrected chi connectivity index (χ1v) is 9.76. The molecule has 1 aromatic carbocycles. The van der Waals surface area contributed by atoms with E-state index in [9.17, 15) is 31.1 Å². The van der Waals surface area contributed by atoms with Gasteiger partial charge >= 0.3 is 18.4 Å². The number of hydrogen-bond donors (Lipinski definition) is 1. The van der Waals surface area contributed by atoms with E-state index in [4.69, 9.17) is 0 Å². The molecular weight excluding hydrogens is 464 g/mol. The summed E-state index contributed by atoms with van der Waals surface area (Å²) in [7, 11) is 0. The fraction of sp³-hybridized carbons (Fsp3) is 0.182. The number of rotatable bonds is 2. The van der Waals surface area contributed by atoms with Crippen LogP contribution in [0.1, 0.15) is 29.3 Å². The number of hydrazone groups is 1. The highest BCUT2D eigenvalue weighted by Crippen LogP contribution is 2.31. The van der Waals surface area contributed by atoms with Crippen LogP contribution in [0.25, 0.3) is 5.57 Å². The van der Waals surface area contributed by atoms with Gasteiger partial charge in [-0.1, -0.05) is 18.2 Å². The van der Waals surface area contributed by atoms with Gasteiger partial charge < -0.3 is 5.32 Å². The summed E-state index contributed by atoms with van der Waals surface area (Å²) >= 11 is 0. The average molecular weight is 479 g/mol. The Labute approximate surface area is 189 Å². The van der Waals surface area contributed by atoms with Gasteiger partial charge in [-0.05, 0) is 54.5 Å². The van der Waals surface area contributed by atoms with Gasteiger partial charge in [-0.3, -0.25) is 4.98 Å². The number of aromatic nitrogens is 1. The number of urea groups is 1. The molecule has 1 atom stereocenters. The molecule has 2 aliphatic heterocycles. The predicted molar refractivity (Wildman–Crippen MR) is 112 cm³/mol. The van der Waals surface area contributed by atoms with Crippen molar-refractivity contribution in [3.05, 3.63) is 83.2 Å². The second-order valence-electron chi connectivity index (χ2n) is 7.38. The summed E-state index contributed by atoms with van der Waals surface area (Å²) < 4.78 is 77.1. The Bertz CT molecular complexity index is 1220. The van der Waals surface area contributed by atoms with Crippen LogP contribution >= 0.6 is 0 Å². The number of fused-ring (bicyclic) bond motifs is 1. The van der Waals surface area contributed by atoms with E-state index in [1.165, 1.54) is 12.1 Å². The number of pyridine rings is 1. The van der Waals surface area contributed by atoms with Crippen molar-refractivity contribution in [3.63, 3.8) is 0 Å². The summed E-state index contributed by atoms with van der Waals surface area (Å²) in [6, 6.07) is 5.61. The van der Waals surface area contributed by atoms with Crippen molar-refractivity contribution in [2.75, 3.05) is 0 Å². The lowest BCUT2D eigenvalue weighted by molar-refractivity contribution is -0.141. The Hall–Kier alpha value is -3.96. The highest BCUT2D eigenvalue weighted by molar-refractivity contribution is 6.07. The number of alkyl halides is 6. The zero-order valence-corrected chi connectivity index (χ0v) is 17.3. The summed E-state index contributed by atoms with van der Waals surface area (Å²) in [5.41, 5.74) is -0.391. The van der Waals surface area contributed by atoms with Crippen LogP contribution in [0.5, 0.6) is 0 Å². The van der Waals surface area contributed by atoms with Crippen molar-refractivity contribution in [2.24, 2.45) is 10.1 Å². The largest absolute Gasteiger partial charge is 0.433 e. The maximum atomic E-state index is 12.9. The van der Waals surface area contributed by atoms with Gasteiger partial charge in [-0.2, -0.15) is 41.4 Å². The number of hydrogen-bond acceptors (Lipinski definition) is 4. The average Bonchev–Trinajstić information content (AvgIpc) is 2.76. The molecule has 176 valence electrons. The lowest BCUT2D eigenvalue weighted by atomic mass is 10.0. The van der Waals surface area contributed by atoms with E-state index in [0.29, 0.717) is 16.8 Å². The molecule has 0 spiro atoms. The van der Waals surface area contributed by atoms with Gasteiger partial charge in [0, 0.05) is 11.8 Å². The molecule has 4 rings (SSSR count). The quantitative estimate of drug-likeness (QED) is 0.599. The zero-order valence-electron chi connectivity index (χ0n) is 17.3. The van der Waals surface area contributed by atoms with Crippen molar-refractivity contribution in [1.29, 1.82) is 0 Å². The first kappa shape index (κ1) is 23.2. The predicted octanol–water partition coefficient (Wildman–Crippen LogP) is 5.25. The maximum absolute atomic E-state index is 12.9.